The lowest BCUT2D eigenvalue weighted by atomic mass is 9.89. The number of alkyl halides is 3. The number of amides is 1. The van der Waals surface area contributed by atoms with Gasteiger partial charge in [-0.1, -0.05) is 61.3 Å². The molecule has 2 aliphatic rings. The van der Waals surface area contributed by atoms with E-state index in [2.05, 4.69) is 5.48 Å². The van der Waals surface area contributed by atoms with Gasteiger partial charge in [0.15, 0.2) is 0 Å². The van der Waals surface area contributed by atoms with Crippen molar-refractivity contribution in [2.24, 2.45) is 5.92 Å². The van der Waals surface area contributed by atoms with Crippen molar-refractivity contribution in [3.8, 4) is 0 Å². The van der Waals surface area contributed by atoms with Crippen LogP contribution in [0.3, 0.4) is 0 Å². The molecule has 0 aromatic heterocycles. The quantitative estimate of drug-likeness (QED) is 0.586. The van der Waals surface area contributed by atoms with Crippen LogP contribution < -0.4 is 5.48 Å². The zero-order valence-electron chi connectivity index (χ0n) is 17.3. The number of nitrogens with one attached hydrogen (secondary N) is 1. The molecule has 1 fully saturated rings. The van der Waals surface area contributed by atoms with Crippen molar-refractivity contribution in [2.45, 2.75) is 31.5 Å². The second-order valence-electron chi connectivity index (χ2n) is 8.37. The average molecular weight is 485 g/mol. The van der Waals surface area contributed by atoms with E-state index in [9.17, 15) is 18.0 Å². The summed E-state index contributed by atoms with van der Waals surface area (Å²) in [5.74, 6) is 0.304. The van der Waals surface area contributed by atoms with E-state index in [4.69, 9.17) is 28.0 Å². The Balaban J connectivity index is 1.57. The van der Waals surface area contributed by atoms with E-state index >= 15 is 0 Å². The summed E-state index contributed by atoms with van der Waals surface area (Å²) >= 11 is 11.9. The normalized spacial score (nSPS) is 21.4. The number of benzene rings is 2. The summed E-state index contributed by atoms with van der Waals surface area (Å²) in [6.45, 7) is 5.03. The molecule has 32 heavy (non-hydrogen) atoms. The third-order valence-corrected chi connectivity index (χ3v) is 6.20. The highest BCUT2D eigenvalue weighted by atomic mass is 35.5. The van der Waals surface area contributed by atoms with Crippen molar-refractivity contribution in [3.05, 3.63) is 75.3 Å². The SMILES string of the molecule is CC(C)C(=O)N1CC(c2ccc(C3=CC(c4cc(Cl)cc(Cl)c4)(C(F)(F)F)ON3)cc2)C1. The number of hydrogen-bond donors (Lipinski definition) is 1. The largest absolute Gasteiger partial charge is 0.428 e. The molecule has 0 bridgehead atoms. The van der Waals surface area contributed by atoms with Crippen LogP contribution >= 0.6 is 23.2 Å². The molecule has 0 saturated carbocycles. The summed E-state index contributed by atoms with van der Waals surface area (Å²) in [5, 5.41) is 0.160. The summed E-state index contributed by atoms with van der Waals surface area (Å²) in [7, 11) is 0. The van der Waals surface area contributed by atoms with Gasteiger partial charge in [-0.3, -0.25) is 15.1 Å². The van der Waals surface area contributed by atoms with E-state index in [1.807, 2.05) is 30.9 Å². The Morgan fingerprint density at radius 2 is 1.72 bits per heavy atom. The molecule has 2 aromatic carbocycles. The van der Waals surface area contributed by atoms with Crippen molar-refractivity contribution in [3.63, 3.8) is 0 Å². The van der Waals surface area contributed by atoms with Crippen LogP contribution in [0.15, 0.2) is 48.5 Å². The fourth-order valence-electron chi connectivity index (χ4n) is 3.92. The molecule has 4 rings (SSSR count). The number of nitrogens with zero attached hydrogens (tertiary/aromatic N) is 1. The first-order valence-corrected chi connectivity index (χ1v) is 10.8. The molecule has 1 amide bonds. The van der Waals surface area contributed by atoms with Crippen molar-refractivity contribution in [1.29, 1.82) is 0 Å². The average Bonchev–Trinajstić information content (AvgIpc) is 3.13. The Kier molecular flexibility index (Phi) is 5.94. The van der Waals surface area contributed by atoms with Crippen molar-refractivity contribution >= 4 is 34.8 Å². The zero-order chi connectivity index (χ0) is 23.3. The van der Waals surface area contributed by atoms with Crippen LogP contribution in [0, 0.1) is 5.92 Å². The van der Waals surface area contributed by atoms with Crippen LogP contribution in [0.2, 0.25) is 10.0 Å². The Hall–Kier alpha value is -2.22. The molecule has 4 nitrogen and oxygen atoms in total. The van der Waals surface area contributed by atoms with Gasteiger partial charge in [-0.05, 0) is 35.4 Å². The minimum Gasteiger partial charge on any atom is -0.341 e. The van der Waals surface area contributed by atoms with Crippen molar-refractivity contribution in [1.82, 2.24) is 10.4 Å². The minimum absolute atomic E-state index is 0.0398. The lowest BCUT2D eigenvalue weighted by Crippen LogP contribution is -2.49. The summed E-state index contributed by atoms with van der Waals surface area (Å²) in [6.07, 6.45) is -3.76. The van der Waals surface area contributed by atoms with Crippen LogP contribution in [-0.4, -0.2) is 30.1 Å². The van der Waals surface area contributed by atoms with Gasteiger partial charge in [-0.25, -0.2) is 0 Å². The van der Waals surface area contributed by atoms with Gasteiger partial charge >= 0.3 is 6.18 Å². The molecule has 9 heteroatoms. The predicted octanol–water partition coefficient (Wildman–Crippen LogP) is 5.91. The molecular formula is C23H21Cl2F3N2O2. The van der Waals surface area contributed by atoms with Gasteiger partial charge in [0.05, 0.1) is 5.70 Å². The fraction of sp³-hybridized carbons (Fsp3) is 0.348. The molecule has 0 aliphatic carbocycles. The zero-order valence-corrected chi connectivity index (χ0v) is 18.9. The van der Waals surface area contributed by atoms with E-state index in [0.29, 0.717) is 18.7 Å². The maximum Gasteiger partial charge on any atom is 0.428 e. The first-order valence-electron chi connectivity index (χ1n) is 10.1. The van der Waals surface area contributed by atoms with Gasteiger partial charge in [-0.15, -0.1) is 0 Å². The minimum atomic E-state index is -4.76. The number of carbonyl (C=O) groups is 1. The summed E-state index contributed by atoms with van der Waals surface area (Å²) in [4.78, 5) is 18.9. The van der Waals surface area contributed by atoms with Crippen LogP contribution in [0.5, 0.6) is 0 Å². The Morgan fingerprint density at radius 1 is 1.12 bits per heavy atom. The number of likely N-dealkylation sites (tertiary alicyclic amines) is 1. The molecule has 0 spiro atoms. The highest BCUT2D eigenvalue weighted by Crippen LogP contribution is 2.48. The number of halogens is 5. The molecule has 1 saturated heterocycles. The molecule has 1 atom stereocenters. The summed E-state index contributed by atoms with van der Waals surface area (Å²) < 4.78 is 42.3. The molecular weight excluding hydrogens is 464 g/mol. The van der Waals surface area contributed by atoms with Crippen LogP contribution in [0.4, 0.5) is 13.2 Å². The number of hydrogen-bond acceptors (Lipinski definition) is 3. The molecule has 2 aliphatic heterocycles. The molecule has 0 radical (unpaired) electrons. The van der Waals surface area contributed by atoms with Crippen molar-refractivity contribution in [2.75, 3.05) is 13.1 Å². The Morgan fingerprint density at radius 3 is 2.25 bits per heavy atom. The standard InChI is InChI=1S/C23H21Cl2F3N2O2/c1-13(2)21(31)30-11-16(12-30)14-3-5-15(6-4-14)20-10-22(32-29-20,23(26,27)28)17-7-18(24)9-19(25)8-17/h3-10,13,16,29H,11-12H2,1-2H3. The van der Waals surface area contributed by atoms with E-state index in [-0.39, 0.29) is 39.0 Å². The summed E-state index contributed by atoms with van der Waals surface area (Å²) in [5.41, 5.74) is 1.25. The first-order chi connectivity index (χ1) is 15.0. The molecule has 1 N–H and O–H groups in total. The van der Waals surface area contributed by atoms with Crippen LogP contribution in [0.1, 0.15) is 36.5 Å². The third-order valence-electron chi connectivity index (χ3n) is 5.76. The molecule has 1 unspecified atom stereocenters. The van der Waals surface area contributed by atoms with E-state index in [1.165, 1.54) is 18.2 Å². The number of carbonyl (C=O) groups excluding carboxylic acids is 1. The third kappa shape index (κ3) is 4.09. The number of rotatable bonds is 4. The fourth-order valence-corrected chi connectivity index (χ4v) is 4.45. The second-order valence-corrected chi connectivity index (χ2v) is 9.24. The molecule has 170 valence electrons. The van der Waals surface area contributed by atoms with Crippen LogP contribution in [0.25, 0.3) is 5.70 Å². The van der Waals surface area contributed by atoms with Gasteiger partial charge < -0.3 is 4.90 Å². The molecule has 2 heterocycles. The Bertz CT molecular complexity index is 1040. The second kappa shape index (κ2) is 8.28. The van der Waals surface area contributed by atoms with Crippen LogP contribution in [-0.2, 0) is 15.2 Å². The highest BCUT2D eigenvalue weighted by Gasteiger charge is 2.59. The monoisotopic (exact) mass is 484 g/mol. The predicted molar refractivity (Wildman–Crippen MR) is 117 cm³/mol. The lowest BCUT2D eigenvalue weighted by molar-refractivity contribution is -0.269. The van der Waals surface area contributed by atoms with Gasteiger partial charge in [0.25, 0.3) is 0 Å². The van der Waals surface area contributed by atoms with E-state index in [0.717, 1.165) is 11.6 Å². The molecule has 2 aromatic rings. The van der Waals surface area contributed by atoms with E-state index in [1.54, 1.807) is 12.1 Å². The van der Waals surface area contributed by atoms with Crippen molar-refractivity contribution < 1.29 is 22.8 Å². The maximum atomic E-state index is 14.1. The van der Waals surface area contributed by atoms with Gasteiger partial charge in [0.1, 0.15) is 0 Å². The maximum absolute atomic E-state index is 14.1. The highest BCUT2D eigenvalue weighted by molar-refractivity contribution is 6.34. The lowest BCUT2D eigenvalue weighted by Gasteiger charge is -2.40. The first kappa shape index (κ1) is 23.0. The number of hydroxylamine groups is 1. The van der Waals surface area contributed by atoms with Gasteiger partial charge in [0.2, 0.25) is 11.5 Å². The van der Waals surface area contributed by atoms with Gasteiger partial charge in [0, 0.05) is 40.5 Å². The summed E-state index contributed by atoms with van der Waals surface area (Å²) in [6, 6.07) is 10.9. The van der Waals surface area contributed by atoms with Gasteiger partial charge in [-0.2, -0.15) is 13.2 Å². The topological polar surface area (TPSA) is 41.6 Å². The Labute approximate surface area is 193 Å². The smallest absolute Gasteiger partial charge is 0.341 e. The van der Waals surface area contributed by atoms with E-state index < -0.39 is 11.8 Å².